The number of H-pyrrole nitrogens is 1. The highest BCUT2D eigenvalue weighted by molar-refractivity contribution is 8.00. The van der Waals surface area contributed by atoms with Gasteiger partial charge in [0.2, 0.25) is 11.8 Å². The number of imide groups is 2. The number of nitrogens with one attached hydrogen (secondary N) is 1. The summed E-state index contributed by atoms with van der Waals surface area (Å²) in [7, 11) is 0. The van der Waals surface area contributed by atoms with Crippen LogP contribution < -0.4 is 21.9 Å². The van der Waals surface area contributed by atoms with E-state index in [1.165, 1.54) is 62.4 Å². The van der Waals surface area contributed by atoms with Gasteiger partial charge in [-0.05, 0) is 48.9 Å². The predicted molar refractivity (Wildman–Crippen MR) is 186 cm³/mol. The first-order chi connectivity index (χ1) is 25.0. The number of carbonyl (C=O) groups excluding carboxylic acids is 6. The second kappa shape index (κ2) is 15.2. The Balaban J connectivity index is 1.50. The van der Waals surface area contributed by atoms with E-state index >= 15 is 0 Å². The van der Waals surface area contributed by atoms with Crippen molar-refractivity contribution in [1.82, 2.24) is 19.8 Å². The lowest BCUT2D eigenvalue weighted by molar-refractivity contribution is -0.157. The number of fused-ring (bicyclic) bond motifs is 1. The van der Waals surface area contributed by atoms with Gasteiger partial charge < -0.3 is 31.4 Å². The number of β-lactam (4-membered cyclic amide) rings is 1. The Kier molecular flexibility index (Phi) is 10.9. The molecule has 276 valence electrons. The molecule has 0 saturated carbocycles. The second-order valence-corrected chi connectivity index (χ2v) is 13.1. The van der Waals surface area contributed by atoms with Gasteiger partial charge in [-0.3, -0.25) is 43.4 Å². The quantitative estimate of drug-likeness (QED) is 0.137. The van der Waals surface area contributed by atoms with Gasteiger partial charge in [0.1, 0.15) is 46.9 Å². The first-order valence-electron chi connectivity index (χ1n) is 15.8. The van der Waals surface area contributed by atoms with Gasteiger partial charge in [-0.1, -0.05) is 12.1 Å². The molecule has 3 unspecified atom stereocenters. The van der Waals surface area contributed by atoms with E-state index in [0.29, 0.717) is 10.5 Å². The SMILES string of the molecule is CC(=O)OCC1=C(C(=O)O)N2C(=O)C(N(C(=O)c3cnc(-c4ccc(N(C(C)=O)C(=O)C(C)N)cc4)[nH]c3=O)C(=O)C(N)c3ccc(O)cc3)[C@@H]2SC1. The average Bonchev–Trinajstić information content (AvgIpc) is 3.11. The summed E-state index contributed by atoms with van der Waals surface area (Å²) >= 11 is 1.00. The lowest BCUT2D eigenvalue weighted by Crippen LogP contribution is -2.73. The molecule has 1 saturated heterocycles. The van der Waals surface area contributed by atoms with Crippen LogP contribution in [0.25, 0.3) is 11.4 Å². The van der Waals surface area contributed by atoms with Crippen molar-refractivity contribution in [3.05, 3.63) is 87.5 Å². The van der Waals surface area contributed by atoms with Crippen molar-refractivity contribution in [2.75, 3.05) is 17.3 Å². The number of carboxylic acids is 1. The van der Waals surface area contributed by atoms with Crippen molar-refractivity contribution in [3.8, 4) is 17.1 Å². The maximum atomic E-state index is 14.2. The number of aromatic nitrogens is 2. The molecule has 18 nitrogen and oxygen atoms in total. The topological polar surface area (TPSA) is 277 Å². The average molecular weight is 748 g/mol. The number of nitrogens with zero attached hydrogens (tertiary/aromatic N) is 4. The first-order valence-corrected chi connectivity index (χ1v) is 16.8. The van der Waals surface area contributed by atoms with Crippen LogP contribution in [0.1, 0.15) is 42.7 Å². The molecule has 3 heterocycles. The molecule has 0 radical (unpaired) electrons. The van der Waals surface area contributed by atoms with E-state index in [-0.39, 0.29) is 34.2 Å². The number of hydrogen-bond acceptors (Lipinski definition) is 14. The van der Waals surface area contributed by atoms with Gasteiger partial charge in [0.15, 0.2) is 0 Å². The van der Waals surface area contributed by atoms with Gasteiger partial charge in [0.05, 0.1) is 11.7 Å². The summed E-state index contributed by atoms with van der Waals surface area (Å²) in [4.78, 5) is 113. The number of amides is 5. The summed E-state index contributed by atoms with van der Waals surface area (Å²) in [5, 5.41) is 18.6. The number of carbonyl (C=O) groups is 7. The molecule has 1 aromatic heterocycles. The lowest BCUT2D eigenvalue weighted by atomic mass is 9.98. The van der Waals surface area contributed by atoms with Crippen molar-refractivity contribution in [3.63, 3.8) is 0 Å². The molecule has 2 aliphatic heterocycles. The van der Waals surface area contributed by atoms with Crippen LogP contribution in [-0.2, 0) is 33.5 Å². The molecule has 2 aliphatic rings. The lowest BCUT2D eigenvalue weighted by Gasteiger charge is -2.52. The van der Waals surface area contributed by atoms with Crippen LogP contribution in [0.4, 0.5) is 5.69 Å². The molecule has 0 bridgehead atoms. The molecule has 1 fully saturated rings. The number of esters is 1. The molecular formula is C34H33N7O11S. The monoisotopic (exact) mass is 747 g/mol. The summed E-state index contributed by atoms with van der Waals surface area (Å²) in [5.74, 6) is -6.94. The number of phenols is 1. The number of aromatic hydroxyl groups is 1. The smallest absolute Gasteiger partial charge is 0.352 e. The number of benzene rings is 2. The third kappa shape index (κ3) is 7.43. The van der Waals surface area contributed by atoms with Gasteiger partial charge in [0.25, 0.3) is 23.3 Å². The largest absolute Gasteiger partial charge is 0.508 e. The second-order valence-electron chi connectivity index (χ2n) is 12.0. The Hall–Kier alpha value is -6.18. The molecule has 4 atom stereocenters. The number of ether oxygens (including phenoxy) is 1. The van der Waals surface area contributed by atoms with Crippen LogP contribution in [0.15, 0.2) is 70.8 Å². The molecule has 7 N–H and O–H groups in total. The van der Waals surface area contributed by atoms with Gasteiger partial charge in [-0.2, -0.15) is 0 Å². The van der Waals surface area contributed by atoms with E-state index in [9.17, 15) is 48.6 Å². The number of rotatable bonds is 10. The highest BCUT2D eigenvalue weighted by Gasteiger charge is 2.59. The van der Waals surface area contributed by atoms with E-state index < -0.39 is 88.4 Å². The van der Waals surface area contributed by atoms with E-state index in [1.807, 2.05) is 0 Å². The number of carboxylic acid groups (broad SMARTS) is 1. The molecule has 0 aliphatic carbocycles. The summed E-state index contributed by atoms with van der Waals surface area (Å²) < 4.78 is 4.96. The fourth-order valence-electron chi connectivity index (χ4n) is 5.67. The predicted octanol–water partition coefficient (Wildman–Crippen LogP) is 0.224. The minimum absolute atomic E-state index is 0.0325. The Bertz CT molecular complexity index is 2120. The zero-order valence-electron chi connectivity index (χ0n) is 28.3. The van der Waals surface area contributed by atoms with Gasteiger partial charge in [0, 0.05) is 36.9 Å². The third-order valence-corrected chi connectivity index (χ3v) is 9.60. The molecule has 0 spiro atoms. The Morgan fingerprint density at radius 3 is 2.21 bits per heavy atom. The maximum absolute atomic E-state index is 14.2. The number of anilines is 1. The van der Waals surface area contributed by atoms with E-state index in [1.54, 1.807) is 0 Å². The zero-order valence-corrected chi connectivity index (χ0v) is 29.2. The summed E-state index contributed by atoms with van der Waals surface area (Å²) in [5.41, 5.74) is 10.6. The number of aromatic amines is 1. The number of phenolic OH excluding ortho intramolecular Hbond substituents is 1. The fourth-order valence-corrected chi connectivity index (χ4v) is 7.04. The van der Waals surface area contributed by atoms with E-state index in [2.05, 4.69) is 9.97 Å². The molecule has 3 aromatic rings. The van der Waals surface area contributed by atoms with Crippen LogP contribution in [0.2, 0.25) is 0 Å². The highest BCUT2D eigenvalue weighted by atomic mass is 32.2. The van der Waals surface area contributed by atoms with Crippen molar-refractivity contribution in [1.29, 1.82) is 0 Å². The molecule has 2 aromatic carbocycles. The van der Waals surface area contributed by atoms with Crippen LogP contribution in [0.5, 0.6) is 5.75 Å². The van der Waals surface area contributed by atoms with Crippen LogP contribution in [0, 0.1) is 0 Å². The van der Waals surface area contributed by atoms with Crippen LogP contribution in [-0.4, -0.2) is 101 Å². The van der Waals surface area contributed by atoms with E-state index in [0.717, 1.165) is 34.7 Å². The fraction of sp³-hybridized carbons (Fsp3) is 0.265. The Morgan fingerprint density at radius 2 is 1.66 bits per heavy atom. The summed E-state index contributed by atoms with van der Waals surface area (Å²) in [6.45, 7) is 3.35. The standard InChI is InChI=1S/C34H33N7O11S/c1-15(35)29(46)39(16(2)42)21-8-4-19(5-9-21)27-37-12-23(28(45)38-27)30(47)40(31(48)24(36)18-6-10-22(44)11-7-18)26-32(49)41-25(34(50)51)20(13-52-17(3)43)14-53-33(26)41/h4-12,15,24,26,33,44H,13-14,35-36H2,1-3H3,(H,50,51)(H,37,38,45)/t15?,24?,26?,33-/m0/s1. The number of thioether (sulfide) groups is 1. The normalized spacial score (nSPS) is 17.5. The van der Waals surface area contributed by atoms with E-state index in [4.69, 9.17) is 16.2 Å². The number of hydrogen-bond donors (Lipinski definition) is 5. The van der Waals surface area contributed by atoms with Crippen molar-refractivity contribution >= 4 is 58.9 Å². The minimum atomic E-state index is -1.61. The van der Waals surface area contributed by atoms with Crippen molar-refractivity contribution < 1.29 is 48.5 Å². The van der Waals surface area contributed by atoms with Gasteiger partial charge in [-0.15, -0.1) is 11.8 Å². The molecule has 5 amide bonds. The number of aliphatic carboxylic acids is 1. The zero-order chi connectivity index (χ0) is 38.9. The highest BCUT2D eigenvalue weighted by Crippen LogP contribution is 2.43. The first kappa shape index (κ1) is 38.1. The molecule has 5 rings (SSSR count). The van der Waals surface area contributed by atoms with Crippen LogP contribution >= 0.6 is 11.8 Å². The molecule has 19 heteroatoms. The Labute approximate surface area is 304 Å². The maximum Gasteiger partial charge on any atom is 0.352 e. The summed E-state index contributed by atoms with van der Waals surface area (Å²) in [6.07, 6.45) is 0.896. The van der Waals surface area contributed by atoms with Gasteiger partial charge >= 0.3 is 11.9 Å². The minimum Gasteiger partial charge on any atom is -0.508 e. The Morgan fingerprint density at radius 1 is 1.02 bits per heavy atom. The molecule has 53 heavy (non-hydrogen) atoms. The van der Waals surface area contributed by atoms with Gasteiger partial charge in [-0.25, -0.2) is 14.7 Å². The number of nitrogens with two attached hydrogens (primary N) is 2. The summed E-state index contributed by atoms with van der Waals surface area (Å²) in [6, 6.07) is 6.79. The van der Waals surface area contributed by atoms with Crippen molar-refractivity contribution in [2.45, 2.75) is 44.3 Å². The third-order valence-electron chi connectivity index (χ3n) is 8.28. The molecular weight excluding hydrogens is 714 g/mol. The van der Waals surface area contributed by atoms with Crippen LogP contribution in [0.3, 0.4) is 0 Å². The van der Waals surface area contributed by atoms with Crippen molar-refractivity contribution in [2.24, 2.45) is 11.5 Å².